The summed E-state index contributed by atoms with van der Waals surface area (Å²) in [5.41, 5.74) is 13.4. The van der Waals surface area contributed by atoms with Crippen molar-refractivity contribution in [1.82, 2.24) is 5.32 Å². The Morgan fingerprint density at radius 3 is 2.52 bits per heavy atom. The second-order valence-electron chi connectivity index (χ2n) is 4.88. The van der Waals surface area contributed by atoms with Gasteiger partial charge in [0.2, 0.25) is 0 Å². The molecule has 2 rings (SSSR count). The van der Waals surface area contributed by atoms with E-state index in [2.05, 4.69) is 15.6 Å². The van der Waals surface area contributed by atoms with Gasteiger partial charge in [-0.3, -0.25) is 5.32 Å². The van der Waals surface area contributed by atoms with Crippen molar-refractivity contribution in [2.45, 2.75) is 18.6 Å². The highest BCUT2D eigenvalue weighted by atomic mass is 16.5. The predicted octanol–water partition coefficient (Wildman–Crippen LogP) is 0.447. The molecule has 1 atom stereocenters. The van der Waals surface area contributed by atoms with Gasteiger partial charge < -0.3 is 26.3 Å². The molecule has 0 radical (unpaired) electrons. The predicted molar refractivity (Wildman–Crippen MR) is 84.0 cm³/mol. The lowest BCUT2D eigenvalue weighted by Gasteiger charge is -2.36. The molecule has 1 aromatic rings. The molecule has 116 valence electrons. The summed E-state index contributed by atoms with van der Waals surface area (Å²) in [6, 6.07) is 3.69. The third-order valence-corrected chi connectivity index (χ3v) is 3.61. The second-order valence-corrected chi connectivity index (χ2v) is 4.88. The number of hydrogen-bond donors (Lipinski definition) is 4. The van der Waals surface area contributed by atoms with Crippen molar-refractivity contribution < 1.29 is 9.47 Å². The van der Waals surface area contributed by atoms with Gasteiger partial charge in [-0.25, -0.2) is 4.99 Å². The van der Waals surface area contributed by atoms with Crippen LogP contribution in [-0.2, 0) is 0 Å². The lowest BCUT2D eigenvalue weighted by atomic mass is 10.0. The van der Waals surface area contributed by atoms with E-state index in [9.17, 15) is 0 Å². The van der Waals surface area contributed by atoms with Crippen LogP contribution in [0, 0.1) is 0 Å². The van der Waals surface area contributed by atoms with Crippen LogP contribution in [0.2, 0.25) is 0 Å². The molecule has 1 aromatic carbocycles. The molecule has 7 heteroatoms. The molecule has 1 aliphatic rings. The summed E-state index contributed by atoms with van der Waals surface area (Å²) in [6.07, 6.45) is 1.56. The monoisotopic (exact) mass is 293 g/mol. The number of ether oxygens (including phenoxy) is 2. The summed E-state index contributed by atoms with van der Waals surface area (Å²) >= 11 is 0. The van der Waals surface area contributed by atoms with Crippen molar-refractivity contribution in [3.05, 3.63) is 17.7 Å². The van der Waals surface area contributed by atoms with Gasteiger partial charge in [-0.1, -0.05) is 0 Å². The molecule has 1 unspecified atom stereocenters. The number of fused-ring (bicyclic) bond motifs is 1. The minimum absolute atomic E-state index is 0.455. The van der Waals surface area contributed by atoms with E-state index in [-0.39, 0.29) is 0 Å². The summed E-state index contributed by atoms with van der Waals surface area (Å²) < 4.78 is 10.6. The van der Waals surface area contributed by atoms with Crippen molar-refractivity contribution in [3.63, 3.8) is 0 Å². The van der Waals surface area contributed by atoms with Crippen LogP contribution < -0.4 is 31.6 Å². The highest BCUT2D eigenvalue weighted by molar-refractivity contribution is 6.05. The number of rotatable bonds is 6. The van der Waals surface area contributed by atoms with E-state index in [1.165, 1.54) is 0 Å². The highest BCUT2D eigenvalue weighted by Gasteiger charge is 2.33. The van der Waals surface area contributed by atoms with E-state index in [4.69, 9.17) is 20.9 Å². The van der Waals surface area contributed by atoms with Crippen molar-refractivity contribution in [2.24, 2.45) is 16.5 Å². The van der Waals surface area contributed by atoms with Gasteiger partial charge in [0.1, 0.15) is 5.84 Å². The zero-order valence-corrected chi connectivity index (χ0v) is 12.7. The Bertz CT molecular complexity index is 546. The van der Waals surface area contributed by atoms with Crippen molar-refractivity contribution >= 4 is 11.5 Å². The number of anilines is 1. The molecule has 21 heavy (non-hydrogen) atoms. The Kier molecular flexibility index (Phi) is 4.54. The molecule has 0 spiro atoms. The number of nitrogens with two attached hydrogens (primary N) is 2. The number of hydrogen-bond acceptors (Lipinski definition) is 7. The van der Waals surface area contributed by atoms with Crippen LogP contribution in [0.15, 0.2) is 17.1 Å². The second kappa shape index (κ2) is 6.19. The smallest absolute Gasteiger partial charge is 0.186 e. The van der Waals surface area contributed by atoms with Crippen molar-refractivity contribution in [3.8, 4) is 11.5 Å². The maximum atomic E-state index is 6.13. The lowest BCUT2D eigenvalue weighted by molar-refractivity contribution is 0.353. The van der Waals surface area contributed by atoms with Gasteiger partial charge in [-0.15, -0.1) is 0 Å². The van der Waals surface area contributed by atoms with E-state index < -0.39 is 5.79 Å². The number of nitrogens with one attached hydrogen (secondary N) is 2. The minimum Gasteiger partial charge on any atom is -0.493 e. The Morgan fingerprint density at radius 2 is 1.95 bits per heavy atom. The summed E-state index contributed by atoms with van der Waals surface area (Å²) in [6.45, 7) is 0.597. The first kappa shape index (κ1) is 15.4. The van der Waals surface area contributed by atoms with E-state index in [1.54, 1.807) is 14.2 Å². The molecule has 0 fully saturated rings. The average molecular weight is 293 g/mol. The molecule has 1 heterocycles. The fraction of sp³-hybridized carbons (Fsp3) is 0.500. The Morgan fingerprint density at radius 1 is 1.29 bits per heavy atom. The number of amidine groups is 1. The SMILES string of the molecule is CNC1(CCCN)N=C(N)c2cc(OC)c(OC)cc2N1. The Balaban J connectivity index is 2.44. The number of nitrogens with zero attached hydrogens (tertiary/aromatic N) is 1. The molecule has 6 N–H and O–H groups in total. The van der Waals surface area contributed by atoms with E-state index >= 15 is 0 Å². The number of aliphatic imine (C=N–C) groups is 1. The van der Waals surface area contributed by atoms with Crippen LogP contribution in [0.4, 0.5) is 5.69 Å². The maximum absolute atomic E-state index is 6.13. The summed E-state index contributed by atoms with van der Waals surface area (Å²) in [4.78, 5) is 4.56. The van der Waals surface area contributed by atoms with Gasteiger partial charge >= 0.3 is 0 Å². The lowest BCUT2D eigenvalue weighted by Crippen LogP contribution is -2.52. The maximum Gasteiger partial charge on any atom is 0.186 e. The molecule has 7 nitrogen and oxygen atoms in total. The topological polar surface area (TPSA) is 107 Å². The van der Waals surface area contributed by atoms with Gasteiger partial charge in [0.25, 0.3) is 0 Å². The normalized spacial score (nSPS) is 20.3. The standard InChI is InChI=1S/C14H23N5O2/c1-17-14(5-4-6-15)18-10-8-12(21-3)11(20-2)7-9(10)13(16)19-14/h7-8,17-18H,4-6,15H2,1-3H3,(H2,16,19). The van der Waals surface area contributed by atoms with Gasteiger partial charge in [0.15, 0.2) is 17.3 Å². The van der Waals surface area contributed by atoms with E-state index in [1.807, 2.05) is 19.2 Å². The molecular weight excluding hydrogens is 270 g/mol. The van der Waals surface area contributed by atoms with Gasteiger partial charge in [0, 0.05) is 18.1 Å². The summed E-state index contributed by atoms with van der Waals surface area (Å²) in [7, 11) is 5.03. The first-order valence-electron chi connectivity index (χ1n) is 6.88. The fourth-order valence-electron chi connectivity index (χ4n) is 2.43. The van der Waals surface area contributed by atoms with Gasteiger partial charge in [0.05, 0.1) is 19.9 Å². The Hall–Kier alpha value is -1.99. The highest BCUT2D eigenvalue weighted by Crippen LogP contribution is 2.37. The van der Waals surface area contributed by atoms with Crippen molar-refractivity contribution in [2.75, 3.05) is 33.1 Å². The van der Waals surface area contributed by atoms with Crippen LogP contribution in [0.3, 0.4) is 0 Å². The largest absolute Gasteiger partial charge is 0.493 e. The van der Waals surface area contributed by atoms with Crippen LogP contribution in [0.1, 0.15) is 18.4 Å². The van der Waals surface area contributed by atoms with E-state index in [0.29, 0.717) is 23.9 Å². The first-order chi connectivity index (χ1) is 10.1. The fourth-order valence-corrected chi connectivity index (χ4v) is 2.43. The Labute approximate surface area is 124 Å². The average Bonchev–Trinajstić information content (AvgIpc) is 2.51. The molecule has 1 aliphatic heterocycles. The first-order valence-corrected chi connectivity index (χ1v) is 6.88. The molecule has 0 saturated heterocycles. The van der Waals surface area contributed by atoms with Gasteiger partial charge in [-0.2, -0.15) is 0 Å². The minimum atomic E-state index is -0.643. The number of methoxy groups -OCH3 is 2. The molecular formula is C14H23N5O2. The summed E-state index contributed by atoms with van der Waals surface area (Å²) in [5.74, 6) is 1.07. The number of benzene rings is 1. The van der Waals surface area contributed by atoms with Crippen LogP contribution in [0.25, 0.3) is 0 Å². The zero-order valence-electron chi connectivity index (χ0n) is 12.7. The van der Waals surface area contributed by atoms with Gasteiger partial charge in [-0.05, 0) is 26.1 Å². The molecule has 0 aromatic heterocycles. The summed E-state index contributed by atoms with van der Waals surface area (Å²) in [5, 5.41) is 6.57. The zero-order chi connectivity index (χ0) is 15.5. The molecule has 0 bridgehead atoms. The van der Waals surface area contributed by atoms with Crippen molar-refractivity contribution in [1.29, 1.82) is 0 Å². The molecule has 0 saturated carbocycles. The molecule has 0 amide bonds. The third kappa shape index (κ3) is 2.88. The van der Waals surface area contributed by atoms with Crippen LogP contribution in [-0.4, -0.2) is 39.4 Å². The van der Waals surface area contributed by atoms with E-state index in [0.717, 1.165) is 24.1 Å². The van der Waals surface area contributed by atoms with Crippen LogP contribution >= 0.6 is 0 Å². The molecule has 0 aliphatic carbocycles. The van der Waals surface area contributed by atoms with Crippen LogP contribution in [0.5, 0.6) is 11.5 Å². The third-order valence-electron chi connectivity index (χ3n) is 3.61. The quantitative estimate of drug-likeness (QED) is 0.606.